The average Bonchev–Trinajstić information content (AvgIpc) is 1.57. The molecular weight excluding hydrogens is 1280 g/mol. The summed E-state index contributed by atoms with van der Waals surface area (Å²) in [6, 6.07) is 73.4. The van der Waals surface area contributed by atoms with E-state index in [0.717, 1.165) is 77.0 Å². The standard InChI is InChI=1S/C69H45N5O16S4/c75-91(76,77)87-55-23-11-42(12-24-55)48-19-31-63-59(37-48)60-38-49(43-13-25-56(26-14-43)88-92(78,79)80)20-32-64(60)73(63)53-35-52(69-71-67(46-7-3-1-4-8-46)70-68(72-69)47-9-5-2-6-10-47)36-54(41-53)74-65-33-21-50(44-15-27-57(28-16-44)89-93(81,82)83)39-61(65)62-40-51(22-34-66(62)74)45-17-29-58(30-18-45)90-94(84,85)86/h1-41H,(H,75,76,77)(H,78,79,80)(H,81,82,83)(H,84,85,86). The van der Waals surface area contributed by atoms with E-state index in [1.54, 1.807) is 48.5 Å². The molecule has 4 N–H and O–H groups in total. The Morgan fingerprint density at radius 3 is 0.723 bits per heavy atom. The van der Waals surface area contributed by atoms with Crippen LogP contribution in [0.3, 0.4) is 0 Å². The first-order valence-corrected chi connectivity index (χ1v) is 33.7. The summed E-state index contributed by atoms with van der Waals surface area (Å²) >= 11 is 0. The van der Waals surface area contributed by atoms with Crippen molar-refractivity contribution in [1.82, 2.24) is 24.1 Å². The van der Waals surface area contributed by atoms with E-state index in [0.29, 0.717) is 56.7 Å². The molecule has 25 heteroatoms. The zero-order chi connectivity index (χ0) is 65.3. The molecule has 0 aliphatic carbocycles. The normalized spacial score (nSPS) is 12.2. The Hall–Kier alpha value is -11.1. The molecule has 14 rings (SSSR count). The van der Waals surface area contributed by atoms with Crippen molar-refractivity contribution in [3.05, 3.63) is 249 Å². The van der Waals surface area contributed by atoms with E-state index in [9.17, 15) is 51.9 Å². The maximum Gasteiger partial charge on any atom is 0.446 e. The SMILES string of the molecule is O=S(=O)(O)Oc1ccc(-c2ccc3c(c2)c2cc(-c4ccc(OS(=O)(=O)O)cc4)ccc2n3-c2cc(-c3nc(-c4ccccc4)nc(-c4ccccc4)n3)cc(-n3c4ccc(-c5ccc(OS(=O)(=O)O)cc5)cc4c4cc(-c5ccc(OS(=O)(=O)O)cc5)ccc43)c2)cc1. The molecule has 21 nitrogen and oxygen atoms in total. The lowest BCUT2D eigenvalue weighted by atomic mass is 10.00. The number of rotatable bonds is 17. The number of benzene rings is 11. The van der Waals surface area contributed by atoms with Crippen molar-refractivity contribution in [2.45, 2.75) is 0 Å². The van der Waals surface area contributed by atoms with Crippen LogP contribution in [0, 0.1) is 0 Å². The Balaban J connectivity index is 1.03. The Morgan fingerprint density at radius 1 is 0.245 bits per heavy atom. The molecule has 0 spiro atoms. The predicted molar refractivity (Wildman–Crippen MR) is 355 cm³/mol. The first-order valence-electron chi connectivity index (χ1n) is 28.3. The molecule has 11 aromatic carbocycles. The quantitative estimate of drug-likeness (QED) is 0.0616. The van der Waals surface area contributed by atoms with Gasteiger partial charge in [-0.2, -0.15) is 33.7 Å². The minimum Gasteiger partial charge on any atom is -0.362 e. The van der Waals surface area contributed by atoms with Crippen molar-refractivity contribution in [2.75, 3.05) is 0 Å². The van der Waals surface area contributed by atoms with E-state index in [4.69, 9.17) is 31.7 Å². The number of hydrogen-bond donors (Lipinski definition) is 4. The number of fused-ring (bicyclic) bond motifs is 6. The van der Waals surface area contributed by atoms with Gasteiger partial charge in [0.25, 0.3) is 0 Å². The zero-order valence-corrected chi connectivity index (χ0v) is 51.5. The van der Waals surface area contributed by atoms with Gasteiger partial charge in [-0.05, 0) is 160 Å². The van der Waals surface area contributed by atoms with Crippen LogP contribution >= 0.6 is 0 Å². The van der Waals surface area contributed by atoms with Crippen LogP contribution in [-0.2, 0) is 41.6 Å². The van der Waals surface area contributed by atoms with Gasteiger partial charge in [-0.3, -0.25) is 18.2 Å². The topological polar surface area (TPSA) is 303 Å². The van der Waals surface area contributed by atoms with Crippen LogP contribution in [0.25, 0.3) is 134 Å². The highest BCUT2D eigenvalue weighted by atomic mass is 32.3. The molecule has 0 saturated carbocycles. The Morgan fingerprint density at radius 2 is 0.479 bits per heavy atom. The highest BCUT2D eigenvalue weighted by molar-refractivity contribution is 7.82. The van der Waals surface area contributed by atoms with Gasteiger partial charge in [0.15, 0.2) is 17.5 Å². The highest BCUT2D eigenvalue weighted by Gasteiger charge is 2.23. The third-order valence-electron chi connectivity index (χ3n) is 15.5. The summed E-state index contributed by atoms with van der Waals surface area (Å²) in [7, 11) is -19.2. The Labute approximate surface area is 536 Å². The summed E-state index contributed by atoms with van der Waals surface area (Å²) in [5.41, 5.74) is 12.0. The summed E-state index contributed by atoms with van der Waals surface area (Å²) in [6.07, 6.45) is 0. The Kier molecular flexibility index (Phi) is 15.1. The van der Waals surface area contributed by atoms with Crippen molar-refractivity contribution < 1.29 is 68.6 Å². The molecule has 0 aliphatic rings. The minimum atomic E-state index is -4.80. The maximum absolute atomic E-state index is 11.6. The van der Waals surface area contributed by atoms with Crippen molar-refractivity contribution in [3.8, 4) is 113 Å². The molecule has 0 fully saturated rings. The lowest BCUT2D eigenvalue weighted by Gasteiger charge is -2.16. The van der Waals surface area contributed by atoms with Gasteiger partial charge in [-0.1, -0.05) is 133 Å². The fraction of sp³-hybridized carbons (Fsp3) is 0. The molecule has 3 aromatic heterocycles. The van der Waals surface area contributed by atoms with Crippen molar-refractivity contribution >= 4 is 85.2 Å². The second kappa shape index (κ2) is 23.5. The molecule has 0 aliphatic heterocycles. The van der Waals surface area contributed by atoms with Crippen LogP contribution in [0.2, 0.25) is 0 Å². The predicted octanol–water partition coefficient (Wildman–Crippen LogP) is 14.5. The first kappa shape index (κ1) is 60.4. The molecule has 0 unspecified atom stereocenters. The first-order chi connectivity index (χ1) is 45.0. The van der Waals surface area contributed by atoms with Crippen molar-refractivity contribution in [2.24, 2.45) is 0 Å². The van der Waals surface area contributed by atoms with E-state index in [1.165, 1.54) is 48.5 Å². The largest absolute Gasteiger partial charge is 0.446 e. The van der Waals surface area contributed by atoms with Gasteiger partial charge in [0.05, 0.1) is 22.1 Å². The van der Waals surface area contributed by atoms with Crippen molar-refractivity contribution in [3.63, 3.8) is 0 Å². The van der Waals surface area contributed by atoms with E-state index >= 15 is 0 Å². The molecule has 14 aromatic rings. The van der Waals surface area contributed by atoms with Crippen LogP contribution in [-0.4, -0.2) is 76.0 Å². The summed E-state index contributed by atoms with van der Waals surface area (Å²) in [5.74, 6) is 0.745. The maximum atomic E-state index is 11.6. The highest BCUT2D eigenvalue weighted by Crippen LogP contribution is 2.43. The van der Waals surface area contributed by atoms with Crippen LogP contribution < -0.4 is 16.7 Å². The third kappa shape index (κ3) is 12.8. The van der Waals surface area contributed by atoms with E-state index < -0.39 is 41.6 Å². The van der Waals surface area contributed by atoms with Crippen LogP contribution in [0.4, 0.5) is 0 Å². The fourth-order valence-electron chi connectivity index (χ4n) is 11.5. The monoisotopic (exact) mass is 1330 g/mol. The zero-order valence-electron chi connectivity index (χ0n) is 48.2. The van der Waals surface area contributed by atoms with Crippen molar-refractivity contribution in [1.29, 1.82) is 0 Å². The number of nitrogens with zero attached hydrogens (tertiary/aromatic N) is 5. The van der Waals surface area contributed by atoms with Gasteiger partial charge >= 0.3 is 41.6 Å². The van der Waals surface area contributed by atoms with Gasteiger partial charge in [0.1, 0.15) is 23.0 Å². The van der Waals surface area contributed by atoms with Gasteiger partial charge in [0.2, 0.25) is 0 Å². The fourth-order valence-corrected chi connectivity index (χ4v) is 13.0. The molecular formula is C69H45N5O16S4. The lowest BCUT2D eigenvalue weighted by Crippen LogP contribution is -2.06. The van der Waals surface area contributed by atoms with E-state index in [1.807, 2.05) is 152 Å². The molecule has 94 heavy (non-hydrogen) atoms. The molecule has 3 heterocycles. The lowest BCUT2D eigenvalue weighted by molar-refractivity contribution is 0.384. The molecule has 0 atom stereocenters. The molecule has 0 amide bonds. The van der Waals surface area contributed by atoms with Gasteiger partial charge in [-0.15, -0.1) is 0 Å². The van der Waals surface area contributed by atoms with E-state index in [2.05, 4.69) is 9.13 Å². The van der Waals surface area contributed by atoms with Gasteiger partial charge < -0.3 is 25.9 Å². The molecule has 466 valence electrons. The van der Waals surface area contributed by atoms with Crippen LogP contribution in [0.1, 0.15) is 0 Å². The summed E-state index contributed by atoms with van der Waals surface area (Å²) < 4.78 is 154. The minimum absolute atomic E-state index is 0.103. The molecule has 0 radical (unpaired) electrons. The average molecular weight is 1330 g/mol. The van der Waals surface area contributed by atoms with Gasteiger partial charge in [0, 0.05) is 49.6 Å². The Bertz CT molecular complexity index is 5200. The van der Waals surface area contributed by atoms with Crippen LogP contribution in [0.15, 0.2) is 249 Å². The molecule has 0 bridgehead atoms. The smallest absolute Gasteiger partial charge is 0.362 e. The summed E-state index contributed by atoms with van der Waals surface area (Å²) in [4.78, 5) is 15.4. The van der Waals surface area contributed by atoms with Crippen LogP contribution in [0.5, 0.6) is 23.0 Å². The molecule has 0 saturated heterocycles. The second-order valence-electron chi connectivity index (χ2n) is 21.5. The third-order valence-corrected chi connectivity index (χ3v) is 17.1. The summed E-state index contributed by atoms with van der Waals surface area (Å²) in [5, 5.41) is 3.10. The number of aromatic nitrogens is 5. The van der Waals surface area contributed by atoms with E-state index in [-0.39, 0.29) is 23.0 Å². The van der Waals surface area contributed by atoms with Gasteiger partial charge in [-0.25, -0.2) is 15.0 Å². The second-order valence-corrected chi connectivity index (χ2v) is 25.6. The summed E-state index contributed by atoms with van der Waals surface area (Å²) in [6.45, 7) is 0. The number of hydrogen-bond acceptors (Lipinski definition) is 15.